The summed E-state index contributed by atoms with van der Waals surface area (Å²) in [7, 11) is 0. The molecule has 2 amide bonds. The molecular formula is C22H24N2O4. The van der Waals surface area contributed by atoms with Crippen molar-refractivity contribution in [2.24, 2.45) is 5.92 Å². The lowest BCUT2D eigenvalue weighted by molar-refractivity contribution is -0.151. The summed E-state index contributed by atoms with van der Waals surface area (Å²) in [4.78, 5) is 38.1. The number of nitrogens with one attached hydrogen (secondary N) is 1. The van der Waals surface area contributed by atoms with E-state index in [-0.39, 0.29) is 18.9 Å². The number of hydrogen-bond donors (Lipinski definition) is 1. The van der Waals surface area contributed by atoms with Gasteiger partial charge in [0.25, 0.3) is 5.91 Å². The Kier molecular flexibility index (Phi) is 6.42. The van der Waals surface area contributed by atoms with Crippen molar-refractivity contribution in [1.82, 2.24) is 4.90 Å². The molecule has 6 heteroatoms. The first-order valence-corrected chi connectivity index (χ1v) is 9.36. The van der Waals surface area contributed by atoms with E-state index in [0.717, 1.165) is 17.5 Å². The first-order valence-electron chi connectivity index (χ1n) is 9.36. The fourth-order valence-electron chi connectivity index (χ4n) is 3.23. The number of anilines is 1. The second kappa shape index (κ2) is 9.17. The van der Waals surface area contributed by atoms with Gasteiger partial charge in [0.05, 0.1) is 5.92 Å². The third-order valence-electron chi connectivity index (χ3n) is 4.71. The second-order valence-electron chi connectivity index (χ2n) is 7.00. The van der Waals surface area contributed by atoms with E-state index in [4.69, 9.17) is 4.74 Å². The van der Waals surface area contributed by atoms with Crippen LogP contribution in [-0.2, 0) is 25.5 Å². The van der Waals surface area contributed by atoms with E-state index in [9.17, 15) is 14.4 Å². The van der Waals surface area contributed by atoms with Crippen molar-refractivity contribution in [1.29, 1.82) is 0 Å². The van der Waals surface area contributed by atoms with E-state index >= 15 is 0 Å². The lowest BCUT2D eigenvalue weighted by Crippen LogP contribution is -2.29. The van der Waals surface area contributed by atoms with Crippen LogP contribution in [0.15, 0.2) is 54.6 Å². The van der Waals surface area contributed by atoms with Crippen molar-refractivity contribution in [3.05, 3.63) is 65.7 Å². The van der Waals surface area contributed by atoms with Crippen LogP contribution in [0.3, 0.4) is 0 Å². The van der Waals surface area contributed by atoms with Crippen LogP contribution < -0.4 is 5.32 Å². The topological polar surface area (TPSA) is 75.7 Å². The standard InChI is InChI=1S/C22H24N2O4/c1-16-6-5-9-19(12-16)23-20(25)15-28-22(27)18-13-21(26)24(14-18)11-10-17-7-3-2-4-8-17/h2-9,12,18H,10-11,13-15H2,1H3,(H,23,25)/t18-/m0/s1. The number of ether oxygens (including phenoxy) is 1. The molecule has 0 bridgehead atoms. The first-order chi connectivity index (χ1) is 13.5. The van der Waals surface area contributed by atoms with Gasteiger partial charge >= 0.3 is 5.97 Å². The zero-order chi connectivity index (χ0) is 19.9. The highest BCUT2D eigenvalue weighted by atomic mass is 16.5. The molecule has 0 radical (unpaired) electrons. The van der Waals surface area contributed by atoms with Gasteiger partial charge in [-0.3, -0.25) is 14.4 Å². The van der Waals surface area contributed by atoms with Gasteiger partial charge in [0.2, 0.25) is 5.91 Å². The molecule has 1 fully saturated rings. The van der Waals surface area contributed by atoms with Gasteiger partial charge in [0.15, 0.2) is 6.61 Å². The van der Waals surface area contributed by atoms with Crippen molar-refractivity contribution in [3.63, 3.8) is 0 Å². The van der Waals surface area contributed by atoms with Crippen molar-refractivity contribution >= 4 is 23.5 Å². The second-order valence-corrected chi connectivity index (χ2v) is 7.00. The Morgan fingerprint density at radius 3 is 2.68 bits per heavy atom. The maximum Gasteiger partial charge on any atom is 0.311 e. The lowest BCUT2D eigenvalue weighted by atomic mass is 10.1. The number of esters is 1. The van der Waals surface area contributed by atoms with Crippen molar-refractivity contribution < 1.29 is 19.1 Å². The Balaban J connectivity index is 1.43. The molecule has 0 spiro atoms. The average molecular weight is 380 g/mol. The summed E-state index contributed by atoms with van der Waals surface area (Å²) in [5.74, 6) is -1.48. The number of likely N-dealkylation sites (tertiary alicyclic amines) is 1. The Morgan fingerprint density at radius 2 is 1.93 bits per heavy atom. The first kappa shape index (κ1) is 19.6. The summed E-state index contributed by atoms with van der Waals surface area (Å²) in [6.45, 7) is 2.47. The van der Waals surface area contributed by atoms with Gasteiger partial charge in [-0.25, -0.2) is 0 Å². The monoisotopic (exact) mass is 380 g/mol. The number of aryl methyl sites for hydroxylation is 1. The maximum absolute atomic E-state index is 12.2. The molecule has 1 N–H and O–H groups in total. The zero-order valence-electron chi connectivity index (χ0n) is 15.9. The lowest BCUT2D eigenvalue weighted by Gasteiger charge is -2.16. The van der Waals surface area contributed by atoms with Gasteiger partial charge in [-0.15, -0.1) is 0 Å². The fourth-order valence-corrected chi connectivity index (χ4v) is 3.23. The molecule has 1 heterocycles. The van der Waals surface area contributed by atoms with E-state index < -0.39 is 17.8 Å². The largest absolute Gasteiger partial charge is 0.455 e. The molecule has 0 aromatic heterocycles. The van der Waals surface area contributed by atoms with E-state index in [1.54, 1.807) is 11.0 Å². The third kappa shape index (κ3) is 5.42. The molecule has 0 saturated carbocycles. The van der Waals surface area contributed by atoms with Crippen LogP contribution in [0, 0.1) is 12.8 Å². The summed E-state index contributed by atoms with van der Waals surface area (Å²) >= 11 is 0. The minimum Gasteiger partial charge on any atom is -0.455 e. The molecule has 1 atom stereocenters. The van der Waals surface area contributed by atoms with Crippen molar-refractivity contribution in [3.8, 4) is 0 Å². The highest BCUT2D eigenvalue weighted by Crippen LogP contribution is 2.20. The Labute approximate surface area is 164 Å². The summed E-state index contributed by atoms with van der Waals surface area (Å²) in [6, 6.07) is 17.3. The van der Waals surface area contributed by atoms with Crippen LogP contribution in [0.5, 0.6) is 0 Å². The minimum atomic E-state index is -0.518. The van der Waals surface area contributed by atoms with Crippen LogP contribution >= 0.6 is 0 Å². The predicted octanol–water partition coefficient (Wildman–Crippen LogP) is 2.57. The summed E-state index contributed by atoms with van der Waals surface area (Å²) < 4.78 is 5.12. The zero-order valence-corrected chi connectivity index (χ0v) is 15.9. The van der Waals surface area contributed by atoms with Crippen LogP contribution in [0.1, 0.15) is 17.5 Å². The quantitative estimate of drug-likeness (QED) is 0.749. The Hall–Kier alpha value is -3.15. The molecule has 0 aliphatic carbocycles. The van der Waals surface area contributed by atoms with E-state index in [1.807, 2.05) is 55.5 Å². The molecule has 3 rings (SSSR count). The number of nitrogens with zero attached hydrogens (tertiary/aromatic N) is 1. The van der Waals surface area contributed by atoms with Gasteiger partial charge in [0, 0.05) is 25.2 Å². The summed E-state index contributed by atoms with van der Waals surface area (Å²) in [5.41, 5.74) is 2.83. The van der Waals surface area contributed by atoms with E-state index in [2.05, 4.69) is 5.32 Å². The minimum absolute atomic E-state index is 0.0536. The molecule has 2 aromatic rings. The maximum atomic E-state index is 12.2. The van der Waals surface area contributed by atoms with Crippen LogP contribution in [0.2, 0.25) is 0 Å². The number of carbonyl (C=O) groups is 3. The average Bonchev–Trinajstić information content (AvgIpc) is 3.06. The molecule has 2 aromatic carbocycles. The molecule has 1 saturated heterocycles. The van der Waals surface area contributed by atoms with E-state index in [1.165, 1.54) is 0 Å². The van der Waals surface area contributed by atoms with Crippen LogP contribution in [0.4, 0.5) is 5.69 Å². The Morgan fingerprint density at radius 1 is 1.14 bits per heavy atom. The van der Waals surface area contributed by atoms with Crippen LogP contribution in [-0.4, -0.2) is 42.4 Å². The summed E-state index contributed by atoms with van der Waals surface area (Å²) in [5, 5.41) is 2.69. The highest BCUT2D eigenvalue weighted by molar-refractivity contribution is 5.93. The third-order valence-corrected chi connectivity index (χ3v) is 4.71. The van der Waals surface area contributed by atoms with Gasteiger partial charge in [-0.05, 0) is 36.6 Å². The fraction of sp³-hybridized carbons (Fsp3) is 0.318. The molecule has 146 valence electrons. The van der Waals surface area contributed by atoms with Crippen LogP contribution in [0.25, 0.3) is 0 Å². The summed E-state index contributed by atoms with van der Waals surface area (Å²) in [6.07, 6.45) is 0.875. The van der Waals surface area contributed by atoms with Gasteiger partial charge in [-0.1, -0.05) is 42.5 Å². The van der Waals surface area contributed by atoms with Crippen molar-refractivity contribution in [2.75, 3.05) is 25.0 Å². The molecule has 28 heavy (non-hydrogen) atoms. The Bertz CT molecular complexity index is 851. The van der Waals surface area contributed by atoms with Gasteiger partial charge in [-0.2, -0.15) is 0 Å². The van der Waals surface area contributed by atoms with E-state index in [0.29, 0.717) is 18.8 Å². The molecule has 1 aliphatic rings. The van der Waals surface area contributed by atoms with Gasteiger partial charge in [0.1, 0.15) is 0 Å². The number of carbonyl (C=O) groups excluding carboxylic acids is 3. The molecule has 1 aliphatic heterocycles. The number of rotatable bonds is 7. The van der Waals surface area contributed by atoms with Crippen molar-refractivity contribution in [2.45, 2.75) is 19.8 Å². The predicted molar refractivity (Wildman–Crippen MR) is 106 cm³/mol. The highest BCUT2D eigenvalue weighted by Gasteiger charge is 2.35. The number of benzene rings is 2. The number of hydrogen-bond acceptors (Lipinski definition) is 4. The van der Waals surface area contributed by atoms with Gasteiger partial charge < -0.3 is 15.0 Å². The SMILES string of the molecule is Cc1cccc(NC(=O)COC(=O)[C@H]2CC(=O)N(CCc3ccccc3)C2)c1. The smallest absolute Gasteiger partial charge is 0.311 e. The molecule has 6 nitrogen and oxygen atoms in total. The normalized spacial score (nSPS) is 16.1. The number of amides is 2. The molecular weight excluding hydrogens is 356 g/mol. The molecule has 0 unspecified atom stereocenters.